The highest BCUT2D eigenvalue weighted by Crippen LogP contribution is 2.07. The number of isocyanates is 1. The Morgan fingerprint density at radius 2 is 2.00 bits per heavy atom. The average Bonchev–Trinajstić information content (AvgIpc) is 2.28. The van der Waals surface area contributed by atoms with E-state index < -0.39 is 11.9 Å². The minimum absolute atomic E-state index is 0.140. The lowest BCUT2D eigenvalue weighted by atomic mass is 10.1. The standard InChI is InChI=1S/C10H7NO4/c1-15-10(14)8-4-2-3-7(5-8)9(13)11-6-12/h2-5H,1H3. The molecule has 0 N–H and O–H groups in total. The van der Waals surface area contributed by atoms with Crippen LogP contribution < -0.4 is 0 Å². The largest absolute Gasteiger partial charge is 0.465 e. The lowest BCUT2D eigenvalue weighted by Gasteiger charge is -1.99. The Labute approximate surface area is 85.4 Å². The normalized spacial score (nSPS) is 8.87. The number of ether oxygens (including phenoxy) is 1. The maximum atomic E-state index is 11.1. The third-order valence-corrected chi connectivity index (χ3v) is 1.68. The number of esters is 1. The van der Waals surface area contributed by atoms with Gasteiger partial charge < -0.3 is 4.74 Å². The van der Waals surface area contributed by atoms with Gasteiger partial charge in [0.15, 0.2) is 0 Å². The van der Waals surface area contributed by atoms with E-state index in [1.807, 2.05) is 0 Å². The summed E-state index contributed by atoms with van der Waals surface area (Å²) in [4.78, 5) is 35.0. The number of rotatable bonds is 2. The molecule has 1 amide bonds. The highest BCUT2D eigenvalue weighted by atomic mass is 16.5. The molecule has 0 atom stereocenters. The van der Waals surface area contributed by atoms with Crippen molar-refractivity contribution < 1.29 is 19.1 Å². The summed E-state index contributed by atoms with van der Waals surface area (Å²) < 4.78 is 4.47. The first-order valence-corrected chi connectivity index (χ1v) is 3.99. The maximum Gasteiger partial charge on any atom is 0.337 e. The molecule has 0 radical (unpaired) electrons. The summed E-state index contributed by atoms with van der Waals surface area (Å²) in [5, 5.41) is 0. The fourth-order valence-electron chi connectivity index (χ4n) is 1.00. The molecule has 1 aromatic rings. The molecule has 15 heavy (non-hydrogen) atoms. The number of benzene rings is 1. The van der Waals surface area contributed by atoms with Gasteiger partial charge in [-0.3, -0.25) is 4.79 Å². The number of hydrogen-bond donors (Lipinski definition) is 0. The summed E-state index contributed by atoms with van der Waals surface area (Å²) in [5.74, 6) is -1.30. The molecule has 0 saturated heterocycles. The van der Waals surface area contributed by atoms with Crippen LogP contribution >= 0.6 is 0 Å². The SMILES string of the molecule is COC(=O)c1cccc(C(=O)N=C=O)c1. The Morgan fingerprint density at radius 3 is 2.60 bits per heavy atom. The van der Waals surface area contributed by atoms with Crippen molar-refractivity contribution in [3.8, 4) is 0 Å². The molecule has 0 aliphatic carbocycles. The van der Waals surface area contributed by atoms with Gasteiger partial charge >= 0.3 is 5.97 Å². The molecule has 5 heteroatoms. The van der Waals surface area contributed by atoms with E-state index in [1.54, 1.807) is 0 Å². The van der Waals surface area contributed by atoms with Crippen molar-refractivity contribution in [1.29, 1.82) is 0 Å². The molecule has 0 fully saturated rings. The molecule has 1 rings (SSSR count). The Kier molecular flexibility index (Phi) is 3.49. The molecule has 0 aliphatic rings. The number of carbonyl (C=O) groups excluding carboxylic acids is 3. The first-order valence-electron chi connectivity index (χ1n) is 3.99. The van der Waals surface area contributed by atoms with Gasteiger partial charge in [-0.05, 0) is 18.2 Å². The summed E-state index contributed by atoms with van der Waals surface area (Å²) in [5.41, 5.74) is 0.366. The molecule has 76 valence electrons. The second-order valence-corrected chi connectivity index (χ2v) is 2.58. The van der Waals surface area contributed by atoms with Gasteiger partial charge in [-0.2, -0.15) is 0 Å². The lowest BCUT2D eigenvalue weighted by Crippen LogP contribution is -2.03. The van der Waals surface area contributed by atoms with E-state index in [0.29, 0.717) is 0 Å². The monoisotopic (exact) mass is 205 g/mol. The molecule has 0 unspecified atom stereocenters. The summed E-state index contributed by atoms with van der Waals surface area (Å²) in [7, 11) is 1.24. The van der Waals surface area contributed by atoms with Gasteiger partial charge in [0.05, 0.1) is 12.7 Å². The van der Waals surface area contributed by atoms with Gasteiger partial charge in [0.2, 0.25) is 6.08 Å². The molecule has 0 saturated carbocycles. The van der Waals surface area contributed by atoms with E-state index in [0.717, 1.165) is 6.08 Å². The Morgan fingerprint density at radius 1 is 1.33 bits per heavy atom. The summed E-state index contributed by atoms with van der Waals surface area (Å²) in [6.07, 6.45) is 1.14. The highest BCUT2D eigenvalue weighted by molar-refractivity contribution is 6.00. The number of methoxy groups -OCH3 is 1. The fourth-order valence-corrected chi connectivity index (χ4v) is 1.00. The summed E-state index contributed by atoms with van der Waals surface area (Å²) in [6, 6.07) is 5.73. The van der Waals surface area contributed by atoms with Crippen LogP contribution in [-0.4, -0.2) is 25.1 Å². The van der Waals surface area contributed by atoms with Crippen LogP contribution in [0.3, 0.4) is 0 Å². The van der Waals surface area contributed by atoms with E-state index in [-0.39, 0.29) is 11.1 Å². The maximum absolute atomic E-state index is 11.1. The van der Waals surface area contributed by atoms with Crippen molar-refractivity contribution in [1.82, 2.24) is 0 Å². The third kappa shape index (κ3) is 2.59. The van der Waals surface area contributed by atoms with Crippen LogP contribution in [0.25, 0.3) is 0 Å². The zero-order valence-corrected chi connectivity index (χ0v) is 7.89. The fraction of sp³-hybridized carbons (Fsp3) is 0.100. The molecule has 0 aliphatic heterocycles. The van der Waals surface area contributed by atoms with Crippen LogP contribution in [0.5, 0.6) is 0 Å². The molecule has 0 bridgehead atoms. The molecule has 5 nitrogen and oxygen atoms in total. The number of carbonyl (C=O) groups is 2. The topological polar surface area (TPSA) is 72.8 Å². The van der Waals surface area contributed by atoms with Crippen molar-refractivity contribution in [3.63, 3.8) is 0 Å². The van der Waals surface area contributed by atoms with Crippen LogP contribution in [-0.2, 0) is 9.53 Å². The minimum atomic E-state index is -0.740. The number of amides is 1. The zero-order chi connectivity index (χ0) is 11.3. The zero-order valence-electron chi connectivity index (χ0n) is 7.89. The predicted molar refractivity (Wildman–Crippen MR) is 50.2 cm³/mol. The van der Waals surface area contributed by atoms with Crippen LogP contribution in [0.1, 0.15) is 20.7 Å². The third-order valence-electron chi connectivity index (χ3n) is 1.68. The van der Waals surface area contributed by atoms with Crippen LogP contribution in [0.4, 0.5) is 0 Å². The van der Waals surface area contributed by atoms with Gasteiger partial charge in [0.25, 0.3) is 5.91 Å². The van der Waals surface area contributed by atoms with Gasteiger partial charge in [0, 0.05) is 5.56 Å². The quantitative estimate of drug-likeness (QED) is 0.409. The van der Waals surface area contributed by atoms with Crippen molar-refractivity contribution in [3.05, 3.63) is 35.4 Å². The number of hydrogen-bond acceptors (Lipinski definition) is 4. The molecule has 0 spiro atoms. The second-order valence-electron chi connectivity index (χ2n) is 2.58. The Balaban J connectivity index is 3.07. The smallest absolute Gasteiger partial charge is 0.337 e. The van der Waals surface area contributed by atoms with Crippen molar-refractivity contribution >= 4 is 18.0 Å². The van der Waals surface area contributed by atoms with Gasteiger partial charge in [-0.25, -0.2) is 9.59 Å². The first-order chi connectivity index (χ1) is 7.19. The highest BCUT2D eigenvalue weighted by Gasteiger charge is 2.09. The van der Waals surface area contributed by atoms with Crippen LogP contribution in [0.2, 0.25) is 0 Å². The lowest BCUT2D eigenvalue weighted by molar-refractivity contribution is 0.0600. The summed E-state index contributed by atoms with van der Waals surface area (Å²) >= 11 is 0. The van der Waals surface area contributed by atoms with Gasteiger partial charge in [-0.15, -0.1) is 4.99 Å². The van der Waals surface area contributed by atoms with E-state index in [4.69, 9.17) is 0 Å². The van der Waals surface area contributed by atoms with E-state index >= 15 is 0 Å². The van der Waals surface area contributed by atoms with Crippen molar-refractivity contribution in [2.24, 2.45) is 4.99 Å². The second kappa shape index (κ2) is 4.83. The minimum Gasteiger partial charge on any atom is -0.465 e. The number of nitrogens with zero attached hydrogens (tertiary/aromatic N) is 1. The molecular formula is C10H7NO4. The first kappa shape index (κ1) is 10.8. The van der Waals surface area contributed by atoms with Gasteiger partial charge in [-0.1, -0.05) is 6.07 Å². The van der Waals surface area contributed by atoms with Crippen LogP contribution in [0, 0.1) is 0 Å². The van der Waals surface area contributed by atoms with E-state index in [1.165, 1.54) is 31.4 Å². The molecule has 0 heterocycles. The van der Waals surface area contributed by atoms with Crippen molar-refractivity contribution in [2.45, 2.75) is 0 Å². The Bertz CT molecular complexity index is 446. The molecular weight excluding hydrogens is 198 g/mol. The van der Waals surface area contributed by atoms with Gasteiger partial charge in [0.1, 0.15) is 0 Å². The Hall–Kier alpha value is -2.26. The number of aliphatic imine (C=N–C) groups is 1. The molecule has 0 aromatic heterocycles. The van der Waals surface area contributed by atoms with E-state index in [2.05, 4.69) is 9.73 Å². The average molecular weight is 205 g/mol. The van der Waals surface area contributed by atoms with E-state index in [9.17, 15) is 14.4 Å². The van der Waals surface area contributed by atoms with Crippen molar-refractivity contribution in [2.75, 3.05) is 7.11 Å². The predicted octanol–water partition coefficient (Wildman–Crippen LogP) is 0.949. The van der Waals surface area contributed by atoms with Crippen LogP contribution in [0.15, 0.2) is 29.3 Å². The summed E-state index contributed by atoms with van der Waals surface area (Å²) in [6.45, 7) is 0. The molecule has 1 aromatic carbocycles.